The zero-order valence-corrected chi connectivity index (χ0v) is 19.1. The highest BCUT2D eigenvalue weighted by Gasteiger charge is 2.21. The summed E-state index contributed by atoms with van der Waals surface area (Å²) in [4.78, 5) is 23.4. The van der Waals surface area contributed by atoms with Gasteiger partial charge in [-0.25, -0.2) is 4.98 Å². The van der Waals surface area contributed by atoms with Crippen LogP contribution in [-0.2, 0) is 6.42 Å². The lowest BCUT2D eigenvalue weighted by atomic mass is 9.98. The quantitative estimate of drug-likeness (QED) is 0.283. The van der Waals surface area contributed by atoms with Crippen LogP contribution >= 0.6 is 34.4 Å². The molecule has 0 aliphatic carbocycles. The van der Waals surface area contributed by atoms with Gasteiger partial charge in [0, 0.05) is 4.88 Å². The number of aromatic nitrogens is 4. The lowest BCUT2D eigenvalue weighted by Crippen LogP contribution is -2.11. The Balaban J connectivity index is 1.59. The van der Waals surface area contributed by atoms with E-state index in [-0.39, 0.29) is 10.8 Å². The van der Waals surface area contributed by atoms with Crippen molar-refractivity contribution in [3.8, 4) is 10.8 Å². The summed E-state index contributed by atoms with van der Waals surface area (Å²) in [6.07, 6.45) is 1.99. The van der Waals surface area contributed by atoms with Crippen molar-refractivity contribution in [2.24, 2.45) is 5.92 Å². The summed E-state index contributed by atoms with van der Waals surface area (Å²) >= 11 is 4.56. The van der Waals surface area contributed by atoms with Crippen molar-refractivity contribution in [2.45, 2.75) is 50.9 Å². The van der Waals surface area contributed by atoms with Crippen LogP contribution in [-0.4, -0.2) is 20.2 Å². The monoisotopic (exact) mass is 446 g/mol. The number of hydrogen-bond donors (Lipinski definition) is 1. The van der Waals surface area contributed by atoms with Gasteiger partial charge < -0.3 is 9.40 Å². The van der Waals surface area contributed by atoms with Crippen LogP contribution in [0.25, 0.3) is 21.0 Å². The van der Waals surface area contributed by atoms with E-state index >= 15 is 0 Å². The number of nitrogens with zero attached hydrogens (tertiary/aromatic N) is 3. The lowest BCUT2D eigenvalue weighted by Gasteiger charge is -2.08. The molecular formula is C20H22N4O2S3. The minimum Gasteiger partial charge on any atom is -0.419 e. The summed E-state index contributed by atoms with van der Waals surface area (Å²) < 4.78 is 5.81. The van der Waals surface area contributed by atoms with E-state index in [1.54, 1.807) is 22.7 Å². The summed E-state index contributed by atoms with van der Waals surface area (Å²) in [5, 5.41) is 11.4. The standard InChI is InChI=1S/C20H22N4O2S3/c1-5-10(2)9-13-11(3)28-19-15(13)16(25)21-20(22-19)29-12(4)17-23-24-18(26-17)14-7-6-8-27-14/h6-8,10,12H,5,9H2,1-4H3,(H,21,22,25)/t10-,12-/m1/s1. The molecule has 0 amide bonds. The van der Waals surface area contributed by atoms with Crippen molar-refractivity contribution < 1.29 is 4.42 Å². The largest absolute Gasteiger partial charge is 0.419 e. The molecule has 4 aromatic heterocycles. The van der Waals surface area contributed by atoms with Crippen molar-refractivity contribution in [3.05, 3.63) is 44.2 Å². The Labute approximate surface area is 180 Å². The van der Waals surface area contributed by atoms with Crippen molar-refractivity contribution in [3.63, 3.8) is 0 Å². The van der Waals surface area contributed by atoms with Crippen molar-refractivity contribution in [1.29, 1.82) is 0 Å². The summed E-state index contributed by atoms with van der Waals surface area (Å²) in [5.41, 5.74) is 1.06. The molecule has 6 nitrogen and oxygen atoms in total. The molecule has 0 aromatic carbocycles. The van der Waals surface area contributed by atoms with E-state index < -0.39 is 0 Å². The highest BCUT2D eigenvalue weighted by molar-refractivity contribution is 7.99. The molecule has 0 saturated carbocycles. The number of hydrogen-bond acceptors (Lipinski definition) is 8. The molecule has 152 valence electrons. The summed E-state index contributed by atoms with van der Waals surface area (Å²) in [5.74, 6) is 1.57. The normalized spacial score (nSPS) is 13.8. The SMILES string of the molecule is CC[C@@H](C)Cc1c(C)sc2nc(S[C@H](C)c3nnc(-c4cccs4)o3)[nH]c(=O)c12. The molecule has 0 spiro atoms. The summed E-state index contributed by atoms with van der Waals surface area (Å²) in [7, 11) is 0. The zero-order chi connectivity index (χ0) is 20.5. The van der Waals surface area contributed by atoms with E-state index in [1.807, 2.05) is 24.4 Å². The van der Waals surface area contributed by atoms with Crippen molar-refractivity contribution in [1.82, 2.24) is 20.2 Å². The predicted octanol–water partition coefficient (Wildman–Crippen LogP) is 5.85. The average molecular weight is 447 g/mol. The topological polar surface area (TPSA) is 84.7 Å². The third-order valence-electron chi connectivity index (χ3n) is 4.90. The van der Waals surface area contributed by atoms with E-state index in [0.29, 0.717) is 22.9 Å². The Morgan fingerprint density at radius 3 is 2.86 bits per heavy atom. The number of fused-ring (bicyclic) bond motifs is 1. The number of thioether (sulfide) groups is 1. The lowest BCUT2D eigenvalue weighted by molar-refractivity contribution is 0.510. The molecule has 0 aliphatic heterocycles. The second kappa shape index (κ2) is 8.41. The average Bonchev–Trinajstić information content (AvgIpc) is 3.41. The van der Waals surface area contributed by atoms with Gasteiger partial charge >= 0.3 is 0 Å². The molecule has 0 aliphatic rings. The van der Waals surface area contributed by atoms with Crippen LogP contribution in [0, 0.1) is 12.8 Å². The van der Waals surface area contributed by atoms with Crippen molar-refractivity contribution in [2.75, 3.05) is 0 Å². The molecule has 4 heterocycles. The Bertz CT molecular complexity index is 1180. The van der Waals surface area contributed by atoms with E-state index in [1.165, 1.54) is 16.6 Å². The first kappa shape index (κ1) is 20.3. The molecular weight excluding hydrogens is 424 g/mol. The first-order chi connectivity index (χ1) is 14.0. The van der Waals surface area contributed by atoms with Gasteiger partial charge in [0.25, 0.3) is 11.4 Å². The number of nitrogens with one attached hydrogen (secondary N) is 1. The molecule has 2 atom stereocenters. The molecule has 1 N–H and O–H groups in total. The van der Waals surface area contributed by atoms with Gasteiger partial charge in [-0.2, -0.15) is 0 Å². The number of H-pyrrole nitrogens is 1. The third kappa shape index (κ3) is 4.17. The molecule has 4 aromatic rings. The fourth-order valence-electron chi connectivity index (χ4n) is 3.07. The maximum atomic E-state index is 12.8. The first-order valence-electron chi connectivity index (χ1n) is 9.52. The molecule has 0 saturated heterocycles. The predicted molar refractivity (Wildman–Crippen MR) is 120 cm³/mol. The van der Waals surface area contributed by atoms with Crippen LogP contribution in [0.1, 0.15) is 48.8 Å². The summed E-state index contributed by atoms with van der Waals surface area (Å²) in [6.45, 7) is 8.43. The molecule has 29 heavy (non-hydrogen) atoms. The van der Waals surface area contributed by atoms with Crippen LogP contribution in [0.2, 0.25) is 0 Å². The van der Waals surface area contributed by atoms with Crippen LogP contribution in [0.15, 0.2) is 31.9 Å². The highest BCUT2D eigenvalue weighted by Crippen LogP contribution is 2.36. The zero-order valence-electron chi connectivity index (χ0n) is 16.7. The first-order valence-corrected chi connectivity index (χ1v) is 12.1. The van der Waals surface area contributed by atoms with Crippen LogP contribution < -0.4 is 5.56 Å². The number of rotatable bonds is 7. The molecule has 0 bridgehead atoms. The van der Waals surface area contributed by atoms with E-state index in [4.69, 9.17) is 9.40 Å². The Morgan fingerprint density at radius 1 is 1.31 bits per heavy atom. The smallest absolute Gasteiger partial charge is 0.260 e. The van der Waals surface area contributed by atoms with Gasteiger partial charge in [0.1, 0.15) is 4.83 Å². The van der Waals surface area contributed by atoms with Gasteiger partial charge in [0.15, 0.2) is 5.16 Å². The molecule has 4 rings (SSSR count). The van der Waals surface area contributed by atoms with Crippen molar-refractivity contribution >= 4 is 44.7 Å². The fourth-order valence-corrected chi connectivity index (χ4v) is 5.65. The molecule has 0 unspecified atom stereocenters. The summed E-state index contributed by atoms with van der Waals surface area (Å²) in [6, 6.07) is 3.90. The van der Waals surface area contributed by atoms with Crippen LogP contribution in [0.5, 0.6) is 0 Å². The Hall–Kier alpha value is -1.97. The van der Waals surface area contributed by atoms with Gasteiger partial charge in [-0.15, -0.1) is 32.9 Å². The second-order valence-corrected chi connectivity index (χ2v) is 10.6. The highest BCUT2D eigenvalue weighted by atomic mass is 32.2. The maximum Gasteiger partial charge on any atom is 0.260 e. The second-order valence-electron chi connectivity index (χ2n) is 7.09. The number of aryl methyl sites for hydroxylation is 1. The van der Waals surface area contributed by atoms with Crippen LogP contribution in [0.3, 0.4) is 0 Å². The van der Waals surface area contributed by atoms with Gasteiger partial charge in [-0.05, 0) is 43.2 Å². The van der Waals surface area contributed by atoms with Crippen LogP contribution in [0.4, 0.5) is 0 Å². The number of thiophene rings is 2. The minimum absolute atomic E-state index is 0.0721. The van der Waals surface area contributed by atoms with E-state index in [2.05, 4.69) is 36.0 Å². The maximum absolute atomic E-state index is 12.8. The van der Waals surface area contributed by atoms with Gasteiger partial charge in [0.2, 0.25) is 5.89 Å². The van der Waals surface area contributed by atoms with Gasteiger partial charge in [-0.3, -0.25) is 4.79 Å². The third-order valence-corrected chi connectivity index (χ3v) is 7.77. The van der Waals surface area contributed by atoms with Gasteiger partial charge in [0.05, 0.1) is 15.5 Å². The minimum atomic E-state index is -0.127. The fraction of sp³-hybridized carbons (Fsp3) is 0.400. The molecule has 0 radical (unpaired) electrons. The van der Waals surface area contributed by atoms with Gasteiger partial charge in [-0.1, -0.05) is 38.1 Å². The Kier molecular flexibility index (Phi) is 5.89. The molecule has 0 fully saturated rings. The Morgan fingerprint density at radius 2 is 2.14 bits per heavy atom. The van der Waals surface area contributed by atoms with E-state index in [9.17, 15) is 4.79 Å². The number of aromatic amines is 1. The molecule has 9 heteroatoms. The van der Waals surface area contributed by atoms with E-state index in [0.717, 1.165) is 33.5 Å².